The van der Waals surface area contributed by atoms with Crippen LogP contribution < -0.4 is 10.0 Å². The van der Waals surface area contributed by atoms with Gasteiger partial charge in [0.2, 0.25) is 10.0 Å². The van der Waals surface area contributed by atoms with Gasteiger partial charge < -0.3 is 5.32 Å². The molecular formula is C28H27F2N5O2S. The van der Waals surface area contributed by atoms with Crippen molar-refractivity contribution in [2.75, 3.05) is 17.8 Å². The third-order valence-corrected chi connectivity index (χ3v) is 8.88. The summed E-state index contributed by atoms with van der Waals surface area (Å²) in [6.45, 7) is 2.00. The van der Waals surface area contributed by atoms with Crippen LogP contribution in [0.3, 0.4) is 0 Å². The highest BCUT2D eigenvalue weighted by atomic mass is 32.2. The predicted molar refractivity (Wildman–Crippen MR) is 145 cm³/mol. The standard InChI is InChI=1S/C28H27F2N5O2S/c29-21-1-4-25(26(30)14-21)19-11-20(13-23(12-19)34-38(36,37)24-2-3-24)27-17-33-28-15-22(7-10-35(27)28)32-16-18-5-8-31-9-6-18/h1,4,7,10-18,24,31,34H,2-3,5-6,8-9H2. The molecule has 0 bridgehead atoms. The number of sulfonamides is 1. The highest BCUT2D eigenvalue weighted by Gasteiger charge is 2.35. The molecular weight excluding hydrogens is 508 g/mol. The largest absolute Gasteiger partial charge is 0.317 e. The van der Waals surface area contributed by atoms with E-state index in [9.17, 15) is 17.2 Å². The number of aromatic nitrogens is 2. The topological polar surface area (TPSA) is 87.9 Å². The molecule has 0 spiro atoms. The highest BCUT2D eigenvalue weighted by Crippen LogP contribution is 2.35. The summed E-state index contributed by atoms with van der Waals surface area (Å²) in [4.78, 5) is 9.20. The Hall–Kier alpha value is -3.63. The van der Waals surface area contributed by atoms with Crippen LogP contribution in [-0.2, 0) is 10.0 Å². The van der Waals surface area contributed by atoms with Crippen LogP contribution in [0.15, 0.2) is 65.9 Å². The van der Waals surface area contributed by atoms with Crippen molar-refractivity contribution in [1.82, 2.24) is 14.7 Å². The van der Waals surface area contributed by atoms with Gasteiger partial charge in [0.15, 0.2) is 0 Å². The number of hydrogen-bond acceptors (Lipinski definition) is 5. The average molecular weight is 536 g/mol. The zero-order valence-corrected chi connectivity index (χ0v) is 21.4. The fourth-order valence-corrected chi connectivity index (χ4v) is 6.16. The number of rotatable bonds is 7. The number of nitrogens with one attached hydrogen (secondary N) is 2. The second kappa shape index (κ2) is 9.92. The summed E-state index contributed by atoms with van der Waals surface area (Å²) in [5.41, 5.74) is 3.72. The van der Waals surface area contributed by atoms with Crippen molar-refractivity contribution in [3.63, 3.8) is 0 Å². The van der Waals surface area contributed by atoms with Crippen LogP contribution in [0.25, 0.3) is 28.0 Å². The number of anilines is 1. The number of fused-ring (bicyclic) bond motifs is 1. The molecule has 2 fully saturated rings. The third-order valence-electron chi connectivity index (χ3n) is 7.01. The van der Waals surface area contributed by atoms with Crippen LogP contribution in [-0.4, -0.2) is 42.4 Å². The molecule has 2 N–H and O–H groups in total. The Morgan fingerprint density at radius 2 is 1.79 bits per heavy atom. The molecule has 4 aromatic rings. The number of nitrogens with zero attached hydrogens (tertiary/aromatic N) is 3. The Morgan fingerprint density at radius 1 is 1.00 bits per heavy atom. The van der Waals surface area contributed by atoms with E-state index in [2.05, 4.69) is 20.0 Å². The second-order valence-electron chi connectivity index (χ2n) is 9.89. The lowest BCUT2D eigenvalue weighted by molar-refractivity contribution is 0.462. The fourth-order valence-electron chi connectivity index (χ4n) is 4.79. The van der Waals surface area contributed by atoms with Gasteiger partial charge in [-0.1, -0.05) is 0 Å². The minimum atomic E-state index is -3.55. The minimum absolute atomic E-state index is 0.170. The van der Waals surface area contributed by atoms with E-state index in [0.29, 0.717) is 46.9 Å². The van der Waals surface area contributed by atoms with Crippen molar-refractivity contribution in [1.29, 1.82) is 0 Å². The van der Waals surface area contributed by atoms with Crippen molar-refractivity contribution < 1.29 is 17.2 Å². The molecule has 0 unspecified atom stereocenters. The number of piperidine rings is 1. The molecule has 1 aliphatic carbocycles. The van der Waals surface area contributed by atoms with E-state index in [0.717, 1.165) is 37.7 Å². The molecule has 2 aromatic carbocycles. The zero-order chi connectivity index (χ0) is 26.3. The number of hydrogen-bond donors (Lipinski definition) is 2. The number of imidazole rings is 1. The maximum absolute atomic E-state index is 14.7. The molecule has 2 aromatic heterocycles. The Labute approximate surface area is 219 Å². The minimum Gasteiger partial charge on any atom is -0.317 e. The molecule has 7 nitrogen and oxygen atoms in total. The zero-order valence-electron chi connectivity index (χ0n) is 20.6. The second-order valence-corrected chi connectivity index (χ2v) is 11.9. The van der Waals surface area contributed by atoms with Gasteiger partial charge in [-0.2, -0.15) is 0 Å². The SMILES string of the molecule is O=S(=O)(Nc1cc(-c2ccc(F)cc2F)cc(-c2cnc3cc(N=CC4CCNCC4)ccn23)c1)C1CC1. The van der Waals surface area contributed by atoms with Crippen LogP contribution in [0.4, 0.5) is 20.2 Å². The first-order valence-corrected chi connectivity index (χ1v) is 14.2. The fraction of sp³-hybridized carbons (Fsp3) is 0.286. The quantitative estimate of drug-likeness (QED) is 0.304. The first-order chi connectivity index (χ1) is 18.4. The molecule has 1 aliphatic heterocycles. The summed E-state index contributed by atoms with van der Waals surface area (Å²) in [6.07, 6.45) is 8.93. The van der Waals surface area contributed by atoms with Crippen molar-refractivity contribution in [3.05, 3.63) is 72.6 Å². The van der Waals surface area contributed by atoms with Gasteiger partial charge in [0.05, 0.1) is 22.8 Å². The smallest absolute Gasteiger partial charge is 0.235 e. The molecule has 0 atom stereocenters. The first-order valence-electron chi connectivity index (χ1n) is 12.7. The van der Waals surface area contributed by atoms with E-state index < -0.39 is 26.9 Å². The third kappa shape index (κ3) is 5.19. The van der Waals surface area contributed by atoms with Crippen molar-refractivity contribution >= 4 is 33.3 Å². The monoisotopic (exact) mass is 535 g/mol. The molecule has 0 amide bonds. The van der Waals surface area contributed by atoms with Gasteiger partial charge in [0.25, 0.3) is 0 Å². The number of halogens is 2. The molecule has 0 radical (unpaired) electrons. The van der Waals surface area contributed by atoms with Gasteiger partial charge in [0, 0.05) is 41.4 Å². The number of benzene rings is 2. The summed E-state index contributed by atoms with van der Waals surface area (Å²) in [5.74, 6) is -0.958. The van der Waals surface area contributed by atoms with Crippen LogP contribution in [0.5, 0.6) is 0 Å². The Bertz CT molecular complexity index is 1640. The Balaban J connectivity index is 1.38. The Kier molecular flexibility index (Phi) is 6.45. The lowest BCUT2D eigenvalue weighted by Crippen LogP contribution is -2.28. The number of pyridine rings is 1. The molecule has 196 valence electrons. The Morgan fingerprint density at radius 3 is 2.55 bits per heavy atom. The van der Waals surface area contributed by atoms with E-state index in [1.807, 2.05) is 28.9 Å². The summed E-state index contributed by atoms with van der Waals surface area (Å²) >= 11 is 0. The van der Waals surface area contributed by atoms with Gasteiger partial charge in [-0.25, -0.2) is 22.2 Å². The summed E-state index contributed by atoms with van der Waals surface area (Å²) in [5, 5.41) is 2.93. The molecule has 2 aliphatic rings. The van der Waals surface area contributed by atoms with E-state index in [1.54, 1.807) is 24.4 Å². The summed E-state index contributed by atoms with van der Waals surface area (Å²) < 4.78 is 58.2. The summed E-state index contributed by atoms with van der Waals surface area (Å²) in [6, 6.07) is 12.2. The molecule has 1 saturated heterocycles. The van der Waals surface area contributed by atoms with Crippen molar-refractivity contribution in [2.45, 2.75) is 30.9 Å². The van der Waals surface area contributed by atoms with E-state index in [-0.39, 0.29) is 5.56 Å². The van der Waals surface area contributed by atoms with Crippen LogP contribution in [0.2, 0.25) is 0 Å². The van der Waals surface area contributed by atoms with Gasteiger partial charge in [-0.15, -0.1) is 0 Å². The van der Waals surface area contributed by atoms with E-state index in [4.69, 9.17) is 0 Å². The molecule has 38 heavy (non-hydrogen) atoms. The number of aliphatic imine (C=N–C) groups is 1. The highest BCUT2D eigenvalue weighted by molar-refractivity contribution is 7.93. The normalized spacial score (nSPS) is 16.9. The first kappa shape index (κ1) is 24.7. The van der Waals surface area contributed by atoms with Crippen molar-refractivity contribution in [2.24, 2.45) is 10.9 Å². The molecule has 6 rings (SSSR count). The van der Waals surface area contributed by atoms with Crippen LogP contribution >= 0.6 is 0 Å². The lowest BCUT2D eigenvalue weighted by atomic mass is 10.00. The molecule has 1 saturated carbocycles. The lowest BCUT2D eigenvalue weighted by Gasteiger charge is -2.18. The molecule has 10 heteroatoms. The van der Waals surface area contributed by atoms with Gasteiger partial charge in [-0.3, -0.25) is 14.1 Å². The van der Waals surface area contributed by atoms with E-state index >= 15 is 0 Å². The van der Waals surface area contributed by atoms with Gasteiger partial charge >= 0.3 is 0 Å². The van der Waals surface area contributed by atoms with Crippen molar-refractivity contribution in [3.8, 4) is 22.4 Å². The maximum atomic E-state index is 14.7. The predicted octanol–water partition coefficient (Wildman–Crippen LogP) is 5.55. The maximum Gasteiger partial charge on any atom is 0.235 e. The summed E-state index contributed by atoms with van der Waals surface area (Å²) in [7, 11) is -3.55. The molecule has 3 heterocycles. The van der Waals surface area contributed by atoms with Crippen LogP contribution in [0.1, 0.15) is 25.7 Å². The van der Waals surface area contributed by atoms with Gasteiger partial charge in [0.1, 0.15) is 17.3 Å². The van der Waals surface area contributed by atoms with E-state index in [1.165, 1.54) is 12.1 Å². The average Bonchev–Trinajstić information content (AvgIpc) is 3.68. The van der Waals surface area contributed by atoms with Crippen LogP contribution in [0, 0.1) is 17.6 Å². The van der Waals surface area contributed by atoms with Gasteiger partial charge in [-0.05, 0) is 86.7 Å².